The van der Waals surface area contributed by atoms with Crippen molar-refractivity contribution in [1.29, 1.82) is 0 Å². The summed E-state index contributed by atoms with van der Waals surface area (Å²) in [6.45, 7) is 2.03. The molecule has 0 saturated carbocycles. The molecule has 0 fully saturated rings. The van der Waals surface area contributed by atoms with Crippen LogP contribution in [-0.2, 0) is 0 Å². The lowest BCUT2D eigenvalue weighted by molar-refractivity contribution is 1.22. The number of rotatable bonds is 3. The van der Waals surface area contributed by atoms with Crippen molar-refractivity contribution >= 4 is 17.7 Å². The number of aromatic nitrogens is 1. The van der Waals surface area contributed by atoms with E-state index in [9.17, 15) is 0 Å². The van der Waals surface area contributed by atoms with Crippen molar-refractivity contribution in [1.82, 2.24) is 4.98 Å². The molecule has 0 bridgehead atoms. The summed E-state index contributed by atoms with van der Waals surface area (Å²) >= 11 is 5.52. The average molecular weight is 182 g/mol. The molecule has 0 amide bonds. The smallest absolute Gasteiger partial charge is 0.0626 e. The quantitative estimate of drug-likeness (QED) is 0.654. The molecular formula is C10H12ClN. The first-order chi connectivity index (χ1) is 5.83. The van der Waals surface area contributed by atoms with Gasteiger partial charge < -0.3 is 0 Å². The minimum absolute atomic E-state index is 0.669. The number of hydrogen-bond acceptors (Lipinski definition) is 1. The Balaban J connectivity index is 2.58. The highest BCUT2D eigenvalue weighted by molar-refractivity contribution is 6.17. The Morgan fingerprint density at radius 3 is 2.92 bits per heavy atom. The lowest BCUT2D eigenvalue weighted by Gasteiger charge is -1.92. The Morgan fingerprint density at radius 2 is 2.33 bits per heavy atom. The van der Waals surface area contributed by atoms with E-state index in [4.69, 9.17) is 11.6 Å². The lowest BCUT2D eigenvalue weighted by atomic mass is 10.2. The largest absolute Gasteiger partial charge is 0.257 e. The monoisotopic (exact) mass is 181 g/mol. The van der Waals surface area contributed by atoms with E-state index >= 15 is 0 Å². The Labute approximate surface area is 78.1 Å². The van der Waals surface area contributed by atoms with Gasteiger partial charge in [-0.25, -0.2) is 0 Å². The molecule has 1 aromatic heterocycles. The van der Waals surface area contributed by atoms with E-state index in [1.54, 1.807) is 0 Å². The van der Waals surface area contributed by atoms with Crippen LogP contribution < -0.4 is 0 Å². The summed E-state index contributed by atoms with van der Waals surface area (Å²) in [5.74, 6) is 0.669. The van der Waals surface area contributed by atoms with Crippen LogP contribution >= 0.6 is 11.6 Å². The topological polar surface area (TPSA) is 12.9 Å². The van der Waals surface area contributed by atoms with Gasteiger partial charge in [-0.05, 0) is 31.1 Å². The number of alkyl halides is 1. The Bertz CT molecular complexity index is 251. The predicted octanol–water partition coefficient (Wildman–Crippen LogP) is 3.03. The van der Waals surface area contributed by atoms with Crippen LogP contribution in [0.5, 0.6) is 0 Å². The zero-order valence-electron chi connectivity index (χ0n) is 7.13. The second kappa shape index (κ2) is 4.94. The molecule has 0 aromatic carbocycles. The Kier molecular flexibility index (Phi) is 3.81. The van der Waals surface area contributed by atoms with Crippen LogP contribution in [0.3, 0.4) is 0 Å². The molecule has 64 valence electrons. The highest BCUT2D eigenvalue weighted by Gasteiger charge is 1.86. The third-order valence-corrected chi connectivity index (χ3v) is 1.72. The van der Waals surface area contributed by atoms with Crippen LogP contribution in [0.1, 0.15) is 17.7 Å². The van der Waals surface area contributed by atoms with Gasteiger partial charge in [0.15, 0.2) is 0 Å². The first kappa shape index (κ1) is 9.27. The molecule has 0 unspecified atom stereocenters. The fourth-order valence-corrected chi connectivity index (χ4v) is 0.971. The average Bonchev–Trinajstić information content (AvgIpc) is 2.09. The highest BCUT2D eigenvalue weighted by atomic mass is 35.5. The van der Waals surface area contributed by atoms with Crippen molar-refractivity contribution in [2.45, 2.75) is 13.3 Å². The van der Waals surface area contributed by atoms with Gasteiger partial charge in [0.05, 0.1) is 5.69 Å². The fourth-order valence-electron chi connectivity index (χ4n) is 0.845. The van der Waals surface area contributed by atoms with Crippen LogP contribution in [0.4, 0.5) is 0 Å². The Hall–Kier alpha value is -0.820. The number of halogens is 1. The lowest BCUT2D eigenvalue weighted by Crippen LogP contribution is -1.80. The van der Waals surface area contributed by atoms with E-state index in [0.29, 0.717) is 5.88 Å². The third-order valence-electron chi connectivity index (χ3n) is 1.50. The molecule has 0 aliphatic carbocycles. The molecule has 1 aromatic rings. The molecular weight excluding hydrogens is 170 g/mol. The van der Waals surface area contributed by atoms with Crippen molar-refractivity contribution in [2.24, 2.45) is 0 Å². The number of hydrogen-bond donors (Lipinski definition) is 0. The molecule has 1 rings (SSSR count). The molecule has 2 heteroatoms. The van der Waals surface area contributed by atoms with Crippen LogP contribution in [0.25, 0.3) is 6.08 Å². The maximum Gasteiger partial charge on any atom is 0.0626 e. The van der Waals surface area contributed by atoms with Crippen LogP contribution in [0.15, 0.2) is 24.4 Å². The van der Waals surface area contributed by atoms with Gasteiger partial charge in [-0.1, -0.05) is 12.1 Å². The Morgan fingerprint density at radius 1 is 1.50 bits per heavy atom. The summed E-state index contributed by atoms with van der Waals surface area (Å²) in [5, 5.41) is 0. The zero-order valence-corrected chi connectivity index (χ0v) is 7.88. The number of aryl methyl sites for hydroxylation is 1. The standard InChI is InChI=1S/C10H12ClN/c1-9-5-6-10(12-8-9)4-2-3-7-11/h2,4-6,8H,3,7H2,1H3. The zero-order chi connectivity index (χ0) is 8.81. The molecule has 1 nitrogen and oxygen atoms in total. The summed E-state index contributed by atoms with van der Waals surface area (Å²) in [7, 11) is 0. The van der Waals surface area contributed by atoms with Crippen molar-refractivity contribution in [2.75, 3.05) is 5.88 Å². The van der Waals surface area contributed by atoms with Gasteiger partial charge in [-0.15, -0.1) is 11.6 Å². The summed E-state index contributed by atoms with van der Waals surface area (Å²) < 4.78 is 0. The number of pyridine rings is 1. The summed E-state index contributed by atoms with van der Waals surface area (Å²) in [6.07, 6.45) is 6.78. The van der Waals surface area contributed by atoms with Crippen LogP contribution in [-0.4, -0.2) is 10.9 Å². The van der Waals surface area contributed by atoms with Crippen molar-refractivity contribution in [3.05, 3.63) is 35.7 Å². The molecule has 0 aliphatic heterocycles. The van der Waals surface area contributed by atoms with E-state index in [2.05, 4.69) is 4.98 Å². The molecule has 0 radical (unpaired) electrons. The van der Waals surface area contributed by atoms with Crippen LogP contribution in [0, 0.1) is 6.92 Å². The molecule has 12 heavy (non-hydrogen) atoms. The normalized spacial score (nSPS) is 10.8. The molecule has 1 heterocycles. The maximum absolute atomic E-state index is 5.52. The van der Waals surface area contributed by atoms with E-state index in [-0.39, 0.29) is 0 Å². The van der Waals surface area contributed by atoms with Gasteiger partial charge in [0.1, 0.15) is 0 Å². The summed E-state index contributed by atoms with van der Waals surface area (Å²) in [4.78, 5) is 4.22. The summed E-state index contributed by atoms with van der Waals surface area (Å²) in [5.41, 5.74) is 2.18. The minimum atomic E-state index is 0.669. The molecule has 0 aliphatic rings. The van der Waals surface area contributed by atoms with Gasteiger partial charge in [0.2, 0.25) is 0 Å². The van der Waals surface area contributed by atoms with Gasteiger partial charge in [0, 0.05) is 12.1 Å². The molecule has 0 saturated heterocycles. The van der Waals surface area contributed by atoms with Gasteiger partial charge in [-0.3, -0.25) is 4.98 Å². The first-order valence-corrected chi connectivity index (χ1v) is 4.51. The van der Waals surface area contributed by atoms with Gasteiger partial charge in [0.25, 0.3) is 0 Å². The summed E-state index contributed by atoms with van der Waals surface area (Å²) in [6, 6.07) is 4.05. The second-order valence-corrected chi connectivity index (χ2v) is 3.02. The first-order valence-electron chi connectivity index (χ1n) is 3.98. The van der Waals surface area contributed by atoms with E-state index < -0.39 is 0 Å². The minimum Gasteiger partial charge on any atom is -0.257 e. The third kappa shape index (κ3) is 3.05. The van der Waals surface area contributed by atoms with E-state index in [1.807, 2.05) is 37.4 Å². The number of nitrogens with zero attached hydrogens (tertiary/aromatic N) is 1. The fraction of sp³-hybridized carbons (Fsp3) is 0.300. The predicted molar refractivity (Wildman–Crippen MR) is 53.3 cm³/mol. The van der Waals surface area contributed by atoms with Gasteiger partial charge >= 0.3 is 0 Å². The van der Waals surface area contributed by atoms with Crippen molar-refractivity contribution < 1.29 is 0 Å². The van der Waals surface area contributed by atoms with Crippen molar-refractivity contribution in [3.63, 3.8) is 0 Å². The van der Waals surface area contributed by atoms with Crippen molar-refractivity contribution in [3.8, 4) is 0 Å². The van der Waals surface area contributed by atoms with E-state index in [0.717, 1.165) is 12.1 Å². The highest BCUT2D eigenvalue weighted by Crippen LogP contribution is 2.01. The van der Waals surface area contributed by atoms with Crippen LogP contribution in [0.2, 0.25) is 0 Å². The molecule has 0 spiro atoms. The van der Waals surface area contributed by atoms with E-state index in [1.165, 1.54) is 5.56 Å². The maximum atomic E-state index is 5.52. The molecule has 0 atom stereocenters. The van der Waals surface area contributed by atoms with Gasteiger partial charge in [-0.2, -0.15) is 0 Å². The SMILES string of the molecule is Cc1ccc(C=CCCCl)nc1. The molecule has 0 N–H and O–H groups in total. The number of allylic oxidation sites excluding steroid dienone is 1. The second-order valence-electron chi connectivity index (χ2n) is 2.64.